The van der Waals surface area contributed by atoms with Gasteiger partial charge in [0.2, 0.25) is 0 Å². The molecule has 1 spiro atoms. The number of hydrogen-bond acceptors (Lipinski definition) is 5. The molecule has 0 saturated heterocycles. The molecule has 5 heteroatoms. The highest BCUT2D eigenvalue weighted by atomic mass is 32.1. The predicted molar refractivity (Wildman–Crippen MR) is 258 cm³/mol. The monoisotopic (exact) mass is 819 g/mol. The standard InChI is InChI=1S/C58H33N3OS/c1-2-14-34(15-3-1)55-59-56(61-57(60-55)42-21-13-27-52-54(42)40-19-7-11-26-51(40)63-52)41-20-12-25-50-53(41)44-33-36(29-31-49(44)62-50)35-28-30-48-43(32-35)39-18-6-10-24-47(39)58(48)45-22-8-4-16-37(45)38-17-5-9-23-46(38)58/h1-33H. The van der Waals surface area contributed by atoms with Gasteiger partial charge in [-0.15, -0.1) is 11.3 Å². The molecular weight excluding hydrogens is 787 g/mol. The Morgan fingerprint density at radius 2 is 0.873 bits per heavy atom. The number of rotatable bonds is 4. The maximum atomic E-state index is 6.61. The minimum absolute atomic E-state index is 0.374. The number of hydrogen-bond donors (Lipinski definition) is 0. The average Bonchev–Trinajstić information content (AvgIpc) is 4.09. The van der Waals surface area contributed by atoms with Crippen molar-refractivity contribution in [2.24, 2.45) is 0 Å². The van der Waals surface area contributed by atoms with Crippen molar-refractivity contribution in [1.82, 2.24) is 15.0 Å². The van der Waals surface area contributed by atoms with Crippen molar-refractivity contribution in [2.45, 2.75) is 5.41 Å². The maximum Gasteiger partial charge on any atom is 0.164 e. The Hall–Kier alpha value is -7.99. The van der Waals surface area contributed by atoms with E-state index in [2.05, 4.69) is 170 Å². The molecule has 0 fully saturated rings. The van der Waals surface area contributed by atoms with E-state index in [0.717, 1.165) is 55.1 Å². The largest absolute Gasteiger partial charge is 0.456 e. The normalized spacial score (nSPS) is 13.2. The molecule has 12 aromatic rings. The number of thiophene rings is 1. The molecule has 0 atom stereocenters. The smallest absolute Gasteiger partial charge is 0.164 e. The third-order valence-corrected chi connectivity index (χ3v) is 14.5. The van der Waals surface area contributed by atoms with E-state index in [0.29, 0.717) is 17.5 Å². The van der Waals surface area contributed by atoms with Gasteiger partial charge in [0.15, 0.2) is 17.5 Å². The fourth-order valence-electron chi connectivity index (χ4n) is 10.8. The molecule has 0 saturated carbocycles. The van der Waals surface area contributed by atoms with Gasteiger partial charge in [0.05, 0.1) is 5.41 Å². The SMILES string of the molecule is c1ccc(-c2nc(-c3cccc4oc5ccc(-c6ccc7c(c6)-c6ccccc6C76c7ccccc7-c7ccccc76)cc5c34)nc(-c3cccc4sc5ccccc5c34)n2)cc1. The van der Waals surface area contributed by atoms with Crippen LogP contribution in [0.25, 0.3) is 110 Å². The molecule has 9 aromatic carbocycles. The van der Waals surface area contributed by atoms with Crippen LogP contribution in [-0.2, 0) is 5.41 Å². The van der Waals surface area contributed by atoms with Crippen LogP contribution in [0, 0.1) is 0 Å². The summed E-state index contributed by atoms with van der Waals surface area (Å²) in [5, 5.41) is 4.36. The van der Waals surface area contributed by atoms with E-state index < -0.39 is 0 Å². The quantitative estimate of drug-likeness (QED) is 0.177. The average molecular weight is 820 g/mol. The molecule has 2 aliphatic carbocycles. The van der Waals surface area contributed by atoms with Crippen molar-refractivity contribution in [1.29, 1.82) is 0 Å². The molecule has 14 rings (SSSR count). The molecule has 2 aliphatic rings. The second-order valence-corrected chi connectivity index (χ2v) is 17.7. The Morgan fingerprint density at radius 3 is 1.62 bits per heavy atom. The molecule has 0 bridgehead atoms. The van der Waals surface area contributed by atoms with E-state index in [1.54, 1.807) is 11.3 Å². The van der Waals surface area contributed by atoms with E-state index in [1.807, 2.05) is 30.3 Å². The van der Waals surface area contributed by atoms with Crippen LogP contribution in [0.1, 0.15) is 22.3 Å². The summed E-state index contributed by atoms with van der Waals surface area (Å²) < 4.78 is 9.06. The van der Waals surface area contributed by atoms with Gasteiger partial charge in [-0.1, -0.05) is 164 Å². The first-order chi connectivity index (χ1) is 31.2. The zero-order chi connectivity index (χ0) is 41.2. The molecule has 0 unspecified atom stereocenters. The van der Waals surface area contributed by atoms with Crippen molar-refractivity contribution in [3.8, 4) is 67.5 Å². The topological polar surface area (TPSA) is 51.8 Å². The third-order valence-electron chi connectivity index (χ3n) is 13.4. The second-order valence-electron chi connectivity index (χ2n) is 16.6. The van der Waals surface area contributed by atoms with Gasteiger partial charge >= 0.3 is 0 Å². The van der Waals surface area contributed by atoms with Crippen LogP contribution in [0.3, 0.4) is 0 Å². The van der Waals surface area contributed by atoms with Gasteiger partial charge in [-0.3, -0.25) is 0 Å². The third kappa shape index (κ3) is 4.83. The fourth-order valence-corrected chi connectivity index (χ4v) is 11.9. The van der Waals surface area contributed by atoms with Gasteiger partial charge in [0.25, 0.3) is 0 Å². The minimum atomic E-state index is -0.374. The lowest BCUT2D eigenvalue weighted by Crippen LogP contribution is -2.25. The first-order valence-corrected chi connectivity index (χ1v) is 22.2. The van der Waals surface area contributed by atoms with E-state index in [9.17, 15) is 0 Å². The van der Waals surface area contributed by atoms with E-state index in [4.69, 9.17) is 19.4 Å². The van der Waals surface area contributed by atoms with Crippen molar-refractivity contribution >= 4 is 53.4 Å². The molecule has 0 N–H and O–H groups in total. The molecule has 292 valence electrons. The molecule has 0 radical (unpaired) electrons. The summed E-state index contributed by atoms with van der Waals surface area (Å²) in [6.07, 6.45) is 0. The summed E-state index contributed by atoms with van der Waals surface area (Å²) >= 11 is 1.79. The summed E-state index contributed by atoms with van der Waals surface area (Å²) in [6.45, 7) is 0. The van der Waals surface area contributed by atoms with Crippen molar-refractivity contribution in [3.63, 3.8) is 0 Å². The van der Waals surface area contributed by atoms with Crippen molar-refractivity contribution < 1.29 is 4.42 Å². The van der Waals surface area contributed by atoms with E-state index in [1.165, 1.54) is 59.3 Å². The Labute approximate surface area is 366 Å². The molecule has 0 amide bonds. The van der Waals surface area contributed by atoms with Crippen LogP contribution < -0.4 is 0 Å². The lowest BCUT2D eigenvalue weighted by atomic mass is 9.70. The predicted octanol–water partition coefficient (Wildman–Crippen LogP) is 15.2. The van der Waals surface area contributed by atoms with Gasteiger partial charge in [-0.05, 0) is 92.0 Å². The van der Waals surface area contributed by atoms with Crippen LogP contribution in [-0.4, -0.2) is 15.0 Å². The van der Waals surface area contributed by atoms with E-state index in [-0.39, 0.29) is 5.41 Å². The summed E-state index contributed by atoms with van der Waals surface area (Å²) in [7, 11) is 0. The number of fused-ring (bicyclic) bond motifs is 16. The number of furan rings is 1. The maximum absolute atomic E-state index is 6.61. The first kappa shape index (κ1) is 34.7. The van der Waals surface area contributed by atoms with Crippen LogP contribution in [0.15, 0.2) is 205 Å². The number of benzene rings is 9. The lowest BCUT2D eigenvalue weighted by molar-refractivity contribution is 0.669. The Bertz CT molecular complexity index is 3830. The van der Waals surface area contributed by atoms with Crippen LogP contribution in [0.2, 0.25) is 0 Å². The van der Waals surface area contributed by atoms with E-state index >= 15 is 0 Å². The molecular formula is C58H33N3OS. The second kappa shape index (κ2) is 13.0. The summed E-state index contributed by atoms with van der Waals surface area (Å²) in [5.74, 6) is 1.87. The van der Waals surface area contributed by atoms with Crippen LogP contribution in [0.4, 0.5) is 0 Å². The molecule has 4 nitrogen and oxygen atoms in total. The zero-order valence-corrected chi connectivity index (χ0v) is 34.5. The minimum Gasteiger partial charge on any atom is -0.456 e. The highest BCUT2D eigenvalue weighted by molar-refractivity contribution is 7.25. The molecule has 3 aromatic heterocycles. The van der Waals surface area contributed by atoms with Gasteiger partial charge in [-0.25, -0.2) is 15.0 Å². The molecule has 63 heavy (non-hydrogen) atoms. The Morgan fingerprint density at radius 1 is 0.333 bits per heavy atom. The van der Waals surface area contributed by atoms with Crippen LogP contribution >= 0.6 is 11.3 Å². The Balaban J connectivity index is 0.959. The van der Waals surface area contributed by atoms with Crippen molar-refractivity contribution in [2.75, 3.05) is 0 Å². The van der Waals surface area contributed by atoms with Gasteiger partial charge in [-0.2, -0.15) is 0 Å². The highest BCUT2D eigenvalue weighted by Crippen LogP contribution is 2.63. The number of nitrogens with zero attached hydrogens (tertiary/aromatic N) is 3. The summed E-state index contributed by atoms with van der Waals surface area (Å²) in [4.78, 5) is 15.7. The zero-order valence-electron chi connectivity index (χ0n) is 33.7. The summed E-state index contributed by atoms with van der Waals surface area (Å²) in [6, 6.07) is 71.9. The Kier molecular flexibility index (Phi) is 7.16. The van der Waals surface area contributed by atoms with Crippen molar-refractivity contribution in [3.05, 3.63) is 222 Å². The first-order valence-electron chi connectivity index (χ1n) is 21.3. The van der Waals surface area contributed by atoms with Gasteiger partial charge in [0.1, 0.15) is 11.2 Å². The van der Waals surface area contributed by atoms with Gasteiger partial charge in [0, 0.05) is 47.6 Å². The number of aromatic nitrogens is 3. The fraction of sp³-hybridized carbons (Fsp3) is 0.0172. The molecule has 0 aliphatic heterocycles. The van der Waals surface area contributed by atoms with Gasteiger partial charge < -0.3 is 4.42 Å². The summed E-state index contributed by atoms with van der Waals surface area (Å²) in [5.41, 5.74) is 16.9. The highest BCUT2D eigenvalue weighted by Gasteiger charge is 2.51. The van der Waals surface area contributed by atoms with Crippen LogP contribution in [0.5, 0.6) is 0 Å². The lowest BCUT2D eigenvalue weighted by Gasteiger charge is -2.30. The molecule has 3 heterocycles.